The SMILES string of the molecule is COC(=O)CCCCCCCC#CCC1(CC(=O)/C=C/CCO[Si](C)(C)C(C)(C)C)SCCCS1. The van der Waals surface area contributed by atoms with Crippen LogP contribution in [0.5, 0.6) is 0 Å². The summed E-state index contributed by atoms with van der Waals surface area (Å²) in [5, 5.41) is 0.209. The smallest absolute Gasteiger partial charge is 0.305 e. The Hall–Kier alpha value is -0.683. The maximum atomic E-state index is 12.7. The number of hydrogen-bond donors (Lipinski definition) is 0. The predicted octanol–water partition coefficient (Wildman–Crippen LogP) is 7.78. The molecule has 0 amide bonds. The molecule has 1 aliphatic rings. The second-order valence-corrected chi connectivity index (χ2v) is 18.8. The highest BCUT2D eigenvalue weighted by molar-refractivity contribution is 8.18. The zero-order chi connectivity index (χ0) is 26.2. The van der Waals surface area contributed by atoms with E-state index in [4.69, 9.17) is 4.43 Å². The molecule has 0 aliphatic carbocycles. The summed E-state index contributed by atoms with van der Waals surface area (Å²) in [4.78, 5) is 23.8. The first kappa shape index (κ1) is 32.3. The molecule has 200 valence electrons. The van der Waals surface area contributed by atoms with E-state index in [0.29, 0.717) is 19.4 Å². The Bertz CT molecular complexity index is 725. The van der Waals surface area contributed by atoms with Crippen LogP contribution in [-0.2, 0) is 18.8 Å². The van der Waals surface area contributed by atoms with E-state index in [1.165, 1.54) is 13.5 Å². The fourth-order valence-electron chi connectivity index (χ4n) is 3.42. The molecule has 0 spiro atoms. The number of unbranched alkanes of at least 4 members (excludes halogenated alkanes) is 5. The molecule has 0 saturated carbocycles. The third-order valence-electron chi connectivity index (χ3n) is 6.71. The lowest BCUT2D eigenvalue weighted by atomic mass is 10.1. The summed E-state index contributed by atoms with van der Waals surface area (Å²) in [6.07, 6.45) is 13.8. The number of rotatable bonds is 15. The molecule has 1 aliphatic heterocycles. The summed E-state index contributed by atoms with van der Waals surface area (Å²) >= 11 is 3.84. The van der Waals surface area contributed by atoms with Crippen molar-refractivity contribution in [1.29, 1.82) is 0 Å². The lowest BCUT2D eigenvalue weighted by molar-refractivity contribution is -0.140. The van der Waals surface area contributed by atoms with Crippen molar-refractivity contribution in [2.45, 2.75) is 114 Å². The zero-order valence-electron chi connectivity index (χ0n) is 23.0. The normalized spacial score (nSPS) is 16.1. The summed E-state index contributed by atoms with van der Waals surface area (Å²) in [5.41, 5.74) is 0. The van der Waals surface area contributed by atoms with Gasteiger partial charge in [0.15, 0.2) is 14.1 Å². The maximum absolute atomic E-state index is 12.7. The van der Waals surface area contributed by atoms with Gasteiger partial charge in [-0.05, 0) is 61.4 Å². The van der Waals surface area contributed by atoms with Crippen LogP contribution in [-0.4, -0.2) is 49.4 Å². The molecule has 0 aromatic carbocycles. The van der Waals surface area contributed by atoms with Crippen LogP contribution < -0.4 is 0 Å². The first-order valence-electron chi connectivity index (χ1n) is 13.2. The maximum Gasteiger partial charge on any atom is 0.305 e. The van der Waals surface area contributed by atoms with E-state index < -0.39 is 8.32 Å². The van der Waals surface area contributed by atoms with E-state index in [9.17, 15) is 9.59 Å². The molecule has 1 rings (SSSR count). The monoisotopic (exact) mass is 540 g/mol. The van der Waals surface area contributed by atoms with Gasteiger partial charge in [-0.3, -0.25) is 9.59 Å². The van der Waals surface area contributed by atoms with Gasteiger partial charge in [-0.2, -0.15) is 0 Å². The standard InChI is InChI=1S/C28H48O4S2Si/c1-27(2,3)35(5,6)32-21-16-14-18-25(29)24-28(33-22-17-23-34-28)20-15-12-10-8-7-9-11-13-19-26(30)31-4/h14,18H,7-11,13,16-17,19-24H2,1-6H3/b18-14+. The second-order valence-electron chi connectivity index (χ2n) is 10.8. The minimum absolute atomic E-state index is 0.0990. The predicted molar refractivity (Wildman–Crippen MR) is 156 cm³/mol. The van der Waals surface area contributed by atoms with Crippen LogP contribution in [0.4, 0.5) is 0 Å². The fourth-order valence-corrected chi connectivity index (χ4v) is 7.66. The molecule has 1 heterocycles. The molecule has 1 saturated heterocycles. The summed E-state index contributed by atoms with van der Waals surface area (Å²) in [6.45, 7) is 11.9. The lowest BCUT2D eigenvalue weighted by Gasteiger charge is -2.36. The highest BCUT2D eigenvalue weighted by Crippen LogP contribution is 2.47. The van der Waals surface area contributed by atoms with E-state index in [-0.39, 0.29) is 20.9 Å². The fraction of sp³-hybridized carbons (Fsp3) is 0.786. The van der Waals surface area contributed by atoms with Gasteiger partial charge in [-0.15, -0.1) is 35.4 Å². The van der Waals surface area contributed by atoms with Crippen molar-refractivity contribution >= 4 is 43.6 Å². The molecule has 0 aromatic rings. The first-order chi connectivity index (χ1) is 16.5. The number of ether oxygens (including phenoxy) is 1. The summed E-state index contributed by atoms with van der Waals surface area (Å²) in [5.74, 6) is 9.03. The largest absolute Gasteiger partial charge is 0.469 e. The highest BCUT2D eigenvalue weighted by Gasteiger charge is 2.37. The highest BCUT2D eigenvalue weighted by atomic mass is 32.2. The number of thioether (sulfide) groups is 2. The van der Waals surface area contributed by atoms with Crippen LogP contribution in [0.2, 0.25) is 18.1 Å². The van der Waals surface area contributed by atoms with Gasteiger partial charge in [0.05, 0.1) is 11.2 Å². The van der Waals surface area contributed by atoms with Gasteiger partial charge in [0.2, 0.25) is 0 Å². The van der Waals surface area contributed by atoms with Crippen molar-refractivity contribution in [1.82, 2.24) is 0 Å². The van der Waals surface area contributed by atoms with Gasteiger partial charge >= 0.3 is 5.97 Å². The van der Waals surface area contributed by atoms with E-state index in [1.54, 1.807) is 6.08 Å². The Morgan fingerprint density at radius 3 is 2.34 bits per heavy atom. The molecular weight excluding hydrogens is 493 g/mol. The van der Waals surface area contributed by atoms with Crippen molar-refractivity contribution < 1.29 is 18.8 Å². The zero-order valence-corrected chi connectivity index (χ0v) is 25.6. The molecule has 0 unspecified atom stereocenters. The first-order valence-corrected chi connectivity index (χ1v) is 18.0. The Labute approximate surface area is 224 Å². The molecule has 35 heavy (non-hydrogen) atoms. The number of carbonyl (C=O) groups excluding carboxylic acids is 2. The molecule has 4 nitrogen and oxygen atoms in total. The lowest BCUT2D eigenvalue weighted by Crippen LogP contribution is -2.40. The minimum Gasteiger partial charge on any atom is -0.469 e. The van der Waals surface area contributed by atoms with Gasteiger partial charge in [-0.1, -0.05) is 46.1 Å². The summed E-state index contributed by atoms with van der Waals surface area (Å²) in [6, 6.07) is 0. The van der Waals surface area contributed by atoms with Crippen LogP contribution in [0.1, 0.15) is 91.4 Å². The summed E-state index contributed by atoms with van der Waals surface area (Å²) in [7, 11) is -0.286. The van der Waals surface area contributed by atoms with E-state index in [2.05, 4.69) is 50.4 Å². The van der Waals surface area contributed by atoms with Crippen LogP contribution in [0, 0.1) is 11.8 Å². The number of hydrogen-bond acceptors (Lipinski definition) is 6. The summed E-state index contributed by atoms with van der Waals surface area (Å²) < 4.78 is 10.8. The molecule has 1 fully saturated rings. The van der Waals surface area contributed by atoms with Crippen molar-refractivity contribution in [3.8, 4) is 11.8 Å². The Morgan fingerprint density at radius 2 is 1.69 bits per heavy atom. The molecule has 0 aromatic heterocycles. The third-order valence-corrected chi connectivity index (χ3v) is 14.6. The van der Waals surface area contributed by atoms with Crippen LogP contribution >= 0.6 is 23.5 Å². The van der Waals surface area contributed by atoms with Crippen LogP contribution in [0.3, 0.4) is 0 Å². The van der Waals surface area contributed by atoms with Gasteiger partial charge in [0.25, 0.3) is 0 Å². The van der Waals surface area contributed by atoms with E-state index in [1.807, 2.05) is 29.6 Å². The van der Waals surface area contributed by atoms with E-state index >= 15 is 0 Å². The third kappa shape index (κ3) is 14.0. The van der Waals surface area contributed by atoms with Crippen molar-refractivity contribution in [3.05, 3.63) is 12.2 Å². The van der Waals surface area contributed by atoms with Crippen LogP contribution in [0.15, 0.2) is 12.2 Å². The molecule has 0 N–H and O–H groups in total. The number of ketones is 1. The molecular formula is C28H48O4S2Si. The minimum atomic E-state index is -1.73. The Morgan fingerprint density at radius 1 is 1.03 bits per heavy atom. The number of allylic oxidation sites excluding steroid dienone is 1. The molecule has 0 bridgehead atoms. The van der Waals surface area contributed by atoms with Gasteiger partial charge < -0.3 is 9.16 Å². The number of esters is 1. The van der Waals surface area contributed by atoms with E-state index in [0.717, 1.165) is 62.9 Å². The average Bonchev–Trinajstić information content (AvgIpc) is 2.79. The van der Waals surface area contributed by atoms with Crippen molar-refractivity contribution in [3.63, 3.8) is 0 Å². The molecule has 0 atom stereocenters. The van der Waals surface area contributed by atoms with Gasteiger partial charge in [0, 0.05) is 32.3 Å². The number of carbonyl (C=O) groups is 2. The van der Waals surface area contributed by atoms with Crippen molar-refractivity contribution in [2.24, 2.45) is 0 Å². The Balaban J connectivity index is 2.37. The second kappa shape index (κ2) is 16.9. The molecule has 0 radical (unpaired) electrons. The van der Waals surface area contributed by atoms with Crippen LogP contribution in [0.25, 0.3) is 0 Å². The van der Waals surface area contributed by atoms with Gasteiger partial charge in [-0.25, -0.2) is 0 Å². The van der Waals surface area contributed by atoms with Crippen molar-refractivity contribution in [2.75, 3.05) is 25.2 Å². The topological polar surface area (TPSA) is 52.6 Å². The number of methoxy groups -OCH3 is 1. The Kier molecular flexibility index (Phi) is 15.7. The quantitative estimate of drug-likeness (QED) is 0.0695. The van der Waals surface area contributed by atoms with Gasteiger partial charge in [0.1, 0.15) is 0 Å². The molecule has 7 heteroatoms. The average molecular weight is 541 g/mol.